The van der Waals surface area contributed by atoms with E-state index in [-0.39, 0.29) is 5.91 Å². The van der Waals surface area contributed by atoms with Crippen LogP contribution in [-0.2, 0) is 9.53 Å². The molecule has 4 nitrogen and oxygen atoms in total. The van der Waals surface area contributed by atoms with E-state index in [0.29, 0.717) is 32.4 Å². The van der Waals surface area contributed by atoms with Crippen molar-refractivity contribution >= 4 is 52.5 Å². The van der Waals surface area contributed by atoms with Gasteiger partial charge < -0.3 is 4.74 Å². The first kappa shape index (κ1) is 20.9. The molecule has 0 aliphatic carbocycles. The summed E-state index contributed by atoms with van der Waals surface area (Å²) in [6.45, 7) is 0. The highest BCUT2D eigenvalue weighted by Gasteiger charge is 2.30. The minimum absolute atomic E-state index is 0.198. The molecule has 4 rings (SSSR count). The van der Waals surface area contributed by atoms with Crippen LogP contribution in [0.5, 0.6) is 0 Å². The maximum absolute atomic E-state index is 13.4. The fourth-order valence-corrected chi connectivity index (χ4v) is 3.81. The molecular formula is C25H17Cl2NO3. The summed E-state index contributed by atoms with van der Waals surface area (Å²) in [6.07, 6.45) is 3.57. The fraction of sp³-hybridized carbons (Fsp3) is 0.0400. The molecule has 31 heavy (non-hydrogen) atoms. The normalized spacial score (nSPS) is 14.7. The van der Waals surface area contributed by atoms with Crippen molar-refractivity contribution in [3.05, 3.63) is 111 Å². The number of ether oxygens (including phenoxy) is 1. The van der Waals surface area contributed by atoms with Crippen LogP contribution in [0.3, 0.4) is 0 Å². The van der Waals surface area contributed by atoms with Gasteiger partial charge in [0.1, 0.15) is 0 Å². The van der Waals surface area contributed by atoms with Crippen LogP contribution >= 0.6 is 23.2 Å². The molecule has 0 radical (unpaired) electrons. The maximum atomic E-state index is 13.4. The molecule has 0 saturated carbocycles. The van der Waals surface area contributed by atoms with E-state index in [4.69, 9.17) is 27.9 Å². The lowest BCUT2D eigenvalue weighted by atomic mass is 10.1. The summed E-state index contributed by atoms with van der Waals surface area (Å²) in [4.78, 5) is 26.8. The summed E-state index contributed by atoms with van der Waals surface area (Å²) in [7, 11) is 1.33. The number of amides is 1. The molecule has 3 aromatic carbocycles. The molecular weight excluding hydrogens is 433 g/mol. The van der Waals surface area contributed by atoms with Crippen molar-refractivity contribution < 1.29 is 14.3 Å². The summed E-state index contributed by atoms with van der Waals surface area (Å²) in [5.74, 6) is -0.633. The van der Waals surface area contributed by atoms with Gasteiger partial charge in [0.05, 0.1) is 18.4 Å². The second-order valence-electron chi connectivity index (χ2n) is 6.84. The van der Waals surface area contributed by atoms with Crippen molar-refractivity contribution in [1.29, 1.82) is 0 Å². The molecule has 0 N–H and O–H groups in total. The molecule has 0 atom stereocenters. The largest absolute Gasteiger partial charge is 0.465 e. The molecule has 0 saturated heterocycles. The van der Waals surface area contributed by atoms with E-state index >= 15 is 0 Å². The highest BCUT2D eigenvalue weighted by molar-refractivity contribution is 6.35. The van der Waals surface area contributed by atoms with Gasteiger partial charge >= 0.3 is 5.97 Å². The molecule has 0 bridgehead atoms. The molecule has 3 aromatic rings. The van der Waals surface area contributed by atoms with Crippen molar-refractivity contribution in [2.45, 2.75) is 0 Å². The number of carbonyl (C=O) groups is 2. The van der Waals surface area contributed by atoms with Gasteiger partial charge in [-0.3, -0.25) is 9.69 Å². The van der Waals surface area contributed by atoms with Crippen molar-refractivity contribution in [3.63, 3.8) is 0 Å². The molecule has 0 fully saturated rings. The van der Waals surface area contributed by atoms with E-state index in [1.54, 1.807) is 53.4 Å². The monoisotopic (exact) mass is 449 g/mol. The number of rotatable bonds is 4. The standard InChI is InChI=1S/C25H17Cl2NO3/c1-31-25(30)17-8-11-21(12-9-17)28-23(16-5-3-2-4-6-16)14-19(24(28)29)13-18-7-10-20(26)15-22(18)27/h2-15H,1H3/b19-13+. The Morgan fingerprint density at radius 3 is 2.32 bits per heavy atom. The Bertz CT molecular complexity index is 1220. The predicted octanol–water partition coefficient (Wildman–Crippen LogP) is 6.25. The smallest absolute Gasteiger partial charge is 0.337 e. The van der Waals surface area contributed by atoms with E-state index in [9.17, 15) is 9.59 Å². The zero-order valence-electron chi connectivity index (χ0n) is 16.5. The van der Waals surface area contributed by atoms with Crippen LogP contribution in [0.25, 0.3) is 11.8 Å². The first-order valence-electron chi connectivity index (χ1n) is 9.44. The number of benzene rings is 3. The van der Waals surface area contributed by atoms with E-state index in [2.05, 4.69) is 0 Å². The van der Waals surface area contributed by atoms with Crippen LogP contribution in [0, 0.1) is 0 Å². The van der Waals surface area contributed by atoms with Crippen molar-refractivity contribution in [2.24, 2.45) is 0 Å². The summed E-state index contributed by atoms with van der Waals surface area (Å²) < 4.78 is 4.75. The molecule has 0 unspecified atom stereocenters. The van der Waals surface area contributed by atoms with Gasteiger partial charge in [0.15, 0.2) is 0 Å². The summed E-state index contributed by atoms with van der Waals surface area (Å²) >= 11 is 12.3. The topological polar surface area (TPSA) is 46.6 Å². The second-order valence-corrected chi connectivity index (χ2v) is 7.68. The van der Waals surface area contributed by atoms with Crippen LogP contribution < -0.4 is 4.90 Å². The van der Waals surface area contributed by atoms with Gasteiger partial charge in [-0.2, -0.15) is 0 Å². The number of hydrogen-bond donors (Lipinski definition) is 0. The van der Waals surface area contributed by atoms with Gasteiger partial charge in [-0.1, -0.05) is 59.6 Å². The lowest BCUT2D eigenvalue weighted by Gasteiger charge is -2.21. The molecule has 154 valence electrons. The van der Waals surface area contributed by atoms with Crippen molar-refractivity contribution in [2.75, 3.05) is 12.0 Å². The molecule has 1 amide bonds. The van der Waals surface area contributed by atoms with Gasteiger partial charge in [0, 0.05) is 21.3 Å². The molecule has 0 aromatic heterocycles. The average Bonchev–Trinajstić information content (AvgIpc) is 3.12. The summed E-state index contributed by atoms with van der Waals surface area (Å²) in [6, 6.07) is 21.5. The quantitative estimate of drug-likeness (QED) is 0.349. The van der Waals surface area contributed by atoms with Crippen molar-refractivity contribution in [3.8, 4) is 0 Å². The summed E-state index contributed by atoms with van der Waals surface area (Å²) in [5, 5.41) is 0.987. The lowest BCUT2D eigenvalue weighted by Crippen LogP contribution is -2.25. The van der Waals surface area contributed by atoms with Gasteiger partial charge in [-0.25, -0.2) is 4.79 Å². The number of esters is 1. The lowest BCUT2D eigenvalue weighted by molar-refractivity contribution is -0.113. The Hall–Kier alpha value is -3.34. The molecule has 0 spiro atoms. The molecule has 1 heterocycles. The van der Waals surface area contributed by atoms with E-state index in [1.807, 2.05) is 36.4 Å². The van der Waals surface area contributed by atoms with Crippen molar-refractivity contribution in [1.82, 2.24) is 0 Å². The Kier molecular flexibility index (Phi) is 5.94. The van der Waals surface area contributed by atoms with Crippen LogP contribution in [0.15, 0.2) is 84.4 Å². The van der Waals surface area contributed by atoms with Crippen LogP contribution in [0.4, 0.5) is 5.69 Å². The average molecular weight is 450 g/mol. The SMILES string of the molecule is COC(=O)c1ccc(N2C(=O)/C(=C/c3ccc(Cl)cc3Cl)C=C2c2ccccc2)cc1. The Labute approximate surface area is 190 Å². The second kappa shape index (κ2) is 8.80. The Morgan fingerprint density at radius 1 is 0.968 bits per heavy atom. The first-order valence-corrected chi connectivity index (χ1v) is 10.2. The third kappa shape index (κ3) is 4.26. The van der Waals surface area contributed by atoms with E-state index in [1.165, 1.54) is 7.11 Å². The minimum atomic E-state index is -0.434. The predicted molar refractivity (Wildman–Crippen MR) is 124 cm³/mol. The number of halogens is 2. The zero-order chi connectivity index (χ0) is 22.0. The highest BCUT2D eigenvalue weighted by Crippen LogP contribution is 2.36. The zero-order valence-corrected chi connectivity index (χ0v) is 18.0. The van der Waals surface area contributed by atoms with Gasteiger partial charge in [0.2, 0.25) is 0 Å². The van der Waals surface area contributed by atoms with Gasteiger partial charge in [-0.05, 0) is 59.7 Å². The fourth-order valence-electron chi connectivity index (χ4n) is 3.34. The third-order valence-electron chi connectivity index (χ3n) is 4.87. The van der Waals surface area contributed by atoms with E-state index in [0.717, 1.165) is 11.3 Å². The van der Waals surface area contributed by atoms with Crippen LogP contribution in [-0.4, -0.2) is 19.0 Å². The number of carbonyl (C=O) groups excluding carboxylic acids is 2. The number of nitrogens with zero attached hydrogens (tertiary/aromatic N) is 1. The Balaban J connectivity index is 1.79. The van der Waals surface area contributed by atoms with Crippen LogP contribution in [0.1, 0.15) is 21.5 Å². The molecule has 1 aliphatic rings. The number of hydrogen-bond acceptors (Lipinski definition) is 3. The van der Waals surface area contributed by atoms with Crippen LogP contribution in [0.2, 0.25) is 10.0 Å². The van der Waals surface area contributed by atoms with Gasteiger partial charge in [-0.15, -0.1) is 0 Å². The molecule has 1 aliphatic heterocycles. The summed E-state index contributed by atoms with van der Waals surface area (Å²) in [5.41, 5.74) is 3.84. The minimum Gasteiger partial charge on any atom is -0.465 e. The van der Waals surface area contributed by atoms with E-state index < -0.39 is 5.97 Å². The number of anilines is 1. The highest BCUT2D eigenvalue weighted by atomic mass is 35.5. The maximum Gasteiger partial charge on any atom is 0.337 e. The first-order chi connectivity index (χ1) is 15.0. The Morgan fingerprint density at radius 2 is 1.68 bits per heavy atom. The van der Waals surface area contributed by atoms with Gasteiger partial charge in [0.25, 0.3) is 5.91 Å². The molecule has 6 heteroatoms. The number of methoxy groups -OCH3 is 1. The third-order valence-corrected chi connectivity index (χ3v) is 5.44.